The Morgan fingerprint density at radius 3 is 2.17 bits per heavy atom. The molecule has 35 heavy (non-hydrogen) atoms. The van der Waals surface area contributed by atoms with Crippen LogP contribution in [0, 0.1) is 5.82 Å². The number of unbranched alkanes of at least 4 members (excludes halogenated alkanes) is 3. The lowest BCUT2D eigenvalue weighted by atomic mass is 9.98. The van der Waals surface area contributed by atoms with E-state index in [0.717, 1.165) is 47.1 Å². The largest absolute Gasteiger partial charge is 0.416 e. The van der Waals surface area contributed by atoms with Crippen molar-refractivity contribution < 1.29 is 17.6 Å². The first-order valence-electron chi connectivity index (χ1n) is 12.0. The fourth-order valence-electron chi connectivity index (χ4n) is 4.20. The molecule has 0 saturated carbocycles. The van der Waals surface area contributed by atoms with Crippen molar-refractivity contribution in [3.8, 4) is 11.4 Å². The van der Waals surface area contributed by atoms with Gasteiger partial charge < -0.3 is 0 Å². The Bertz CT molecular complexity index is 1260. The van der Waals surface area contributed by atoms with Crippen LogP contribution in [0.15, 0.2) is 67.0 Å². The normalized spacial score (nSPS) is 11.8. The van der Waals surface area contributed by atoms with Gasteiger partial charge in [-0.25, -0.2) is 14.4 Å². The van der Waals surface area contributed by atoms with Crippen LogP contribution in [-0.2, 0) is 25.4 Å². The lowest BCUT2D eigenvalue weighted by Gasteiger charge is -2.10. The second kappa shape index (κ2) is 11.0. The van der Waals surface area contributed by atoms with E-state index in [1.807, 2.05) is 30.6 Å². The highest BCUT2D eigenvalue weighted by Gasteiger charge is 2.29. The molecule has 4 rings (SSSR count). The summed E-state index contributed by atoms with van der Waals surface area (Å²) in [7, 11) is 0. The molecule has 182 valence electrons. The maximum Gasteiger partial charge on any atom is 0.416 e. The number of nitrogens with zero attached hydrogens (tertiary/aromatic N) is 2. The smallest absolute Gasteiger partial charge is 0.236 e. The van der Waals surface area contributed by atoms with Gasteiger partial charge in [0.25, 0.3) is 0 Å². The van der Waals surface area contributed by atoms with Crippen LogP contribution in [0.1, 0.15) is 54.9 Å². The zero-order chi connectivity index (χ0) is 24.8. The summed E-state index contributed by atoms with van der Waals surface area (Å²) in [6.07, 6.45) is 5.99. The van der Waals surface area contributed by atoms with Gasteiger partial charge in [0.15, 0.2) is 5.82 Å². The van der Waals surface area contributed by atoms with Crippen LogP contribution in [0.25, 0.3) is 22.2 Å². The fourth-order valence-corrected chi connectivity index (χ4v) is 4.20. The van der Waals surface area contributed by atoms with Gasteiger partial charge in [-0.05, 0) is 66.0 Å². The molecule has 0 fully saturated rings. The van der Waals surface area contributed by atoms with Crippen molar-refractivity contribution in [2.75, 3.05) is 0 Å². The monoisotopic (exact) mass is 480 g/mol. The average Bonchev–Trinajstić information content (AvgIpc) is 2.86. The van der Waals surface area contributed by atoms with Crippen molar-refractivity contribution in [1.82, 2.24) is 9.97 Å². The summed E-state index contributed by atoms with van der Waals surface area (Å²) in [6, 6.07) is 14.1. The number of halogens is 4. The predicted octanol–water partition coefficient (Wildman–Crippen LogP) is 8.36. The number of alkyl halides is 3. The van der Waals surface area contributed by atoms with Crippen molar-refractivity contribution in [1.29, 1.82) is 0 Å². The molecule has 0 atom stereocenters. The van der Waals surface area contributed by atoms with Crippen molar-refractivity contribution >= 4 is 10.8 Å². The van der Waals surface area contributed by atoms with Gasteiger partial charge in [0.1, 0.15) is 5.82 Å². The van der Waals surface area contributed by atoms with Gasteiger partial charge in [-0.2, -0.15) is 13.2 Å². The van der Waals surface area contributed by atoms with E-state index in [9.17, 15) is 13.2 Å². The van der Waals surface area contributed by atoms with E-state index in [2.05, 4.69) is 16.9 Å². The van der Waals surface area contributed by atoms with Crippen molar-refractivity contribution in [2.24, 2.45) is 0 Å². The van der Waals surface area contributed by atoms with Gasteiger partial charge >= 0.3 is 6.18 Å². The third-order valence-electron chi connectivity index (χ3n) is 6.28. The van der Waals surface area contributed by atoms with Gasteiger partial charge in [-0.15, -0.1) is 0 Å². The van der Waals surface area contributed by atoms with E-state index in [0.29, 0.717) is 29.6 Å². The Balaban J connectivity index is 1.44. The van der Waals surface area contributed by atoms with E-state index >= 15 is 4.39 Å². The highest BCUT2D eigenvalue weighted by atomic mass is 19.4. The molecule has 4 aromatic rings. The third kappa shape index (κ3) is 6.24. The molecular weight excluding hydrogens is 452 g/mol. The Hall–Kier alpha value is -3.28. The predicted molar refractivity (Wildman–Crippen MR) is 132 cm³/mol. The quantitative estimate of drug-likeness (QED) is 0.178. The van der Waals surface area contributed by atoms with E-state index in [4.69, 9.17) is 0 Å². The Morgan fingerprint density at radius 2 is 1.49 bits per heavy atom. The molecule has 0 radical (unpaired) electrons. The molecular formula is C29H28F4N2. The van der Waals surface area contributed by atoms with Crippen LogP contribution in [0.4, 0.5) is 17.6 Å². The van der Waals surface area contributed by atoms with Gasteiger partial charge in [-0.3, -0.25) is 0 Å². The number of aryl methyl sites for hydroxylation is 3. The number of fused-ring (bicyclic) bond motifs is 1. The molecule has 0 N–H and O–H groups in total. The molecule has 0 amide bonds. The van der Waals surface area contributed by atoms with Gasteiger partial charge in [0.05, 0.1) is 5.56 Å². The van der Waals surface area contributed by atoms with Gasteiger partial charge in [0.2, 0.25) is 0 Å². The third-order valence-corrected chi connectivity index (χ3v) is 6.28. The Morgan fingerprint density at radius 1 is 0.743 bits per heavy atom. The van der Waals surface area contributed by atoms with Gasteiger partial charge in [0, 0.05) is 23.3 Å². The molecule has 6 heteroatoms. The topological polar surface area (TPSA) is 25.8 Å². The van der Waals surface area contributed by atoms with Crippen molar-refractivity contribution in [2.45, 2.75) is 58.0 Å². The molecule has 0 spiro atoms. The Kier molecular flexibility index (Phi) is 7.79. The van der Waals surface area contributed by atoms with Gasteiger partial charge in [-0.1, -0.05) is 62.6 Å². The second-order valence-electron chi connectivity index (χ2n) is 8.89. The van der Waals surface area contributed by atoms with Crippen molar-refractivity contribution in [3.05, 3.63) is 95.1 Å². The molecule has 2 nitrogen and oxygen atoms in total. The zero-order valence-electron chi connectivity index (χ0n) is 19.7. The van der Waals surface area contributed by atoms with E-state index < -0.39 is 11.7 Å². The summed E-state index contributed by atoms with van der Waals surface area (Å²) in [5, 5.41) is 1.26. The maximum atomic E-state index is 15.2. The van der Waals surface area contributed by atoms with Crippen molar-refractivity contribution in [3.63, 3.8) is 0 Å². The first kappa shape index (κ1) is 24.8. The lowest BCUT2D eigenvalue weighted by Crippen LogP contribution is -2.04. The molecule has 0 aliphatic rings. The molecule has 0 aliphatic heterocycles. The molecule has 0 aliphatic carbocycles. The molecule has 1 aromatic heterocycles. The first-order valence-corrected chi connectivity index (χ1v) is 12.0. The van der Waals surface area contributed by atoms with Crippen LogP contribution < -0.4 is 0 Å². The molecule has 1 heterocycles. The minimum absolute atomic E-state index is 0.302. The van der Waals surface area contributed by atoms with Crippen LogP contribution in [0.2, 0.25) is 0 Å². The number of hydrogen-bond donors (Lipinski definition) is 0. The Labute approximate surface area is 203 Å². The first-order chi connectivity index (χ1) is 16.8. The van der Waals surface area contributed by atoms with Crippen LogP contribution in [0.3, 0.4) is 0 Å². The number of benzene rings is 3. The molecule has 0 unspecified atom stereocenters. The summed E-state index contributed by atoms with van der Waals surface area (Å²) in [4.78, 5) is 9.01. The summed E-state index contributed by atoms with van der Waals surface area (Å²) in [5.41, 5.74) is 2.54. The minimum atomic E-state index is -4.36. The number of aromatic nitrogens is 2. The molecule has 0 saturated heterocycles. The zero-order valence-corrected chi connectivity index (χ0v) is 19.7. The van der Waals surface area contributed by atoms with E-state index in [-0.39, 0.29) is 5.82 Å². The van der Waals surface area contributed by atoms with Crippen LogP contribution in [0.5, 0.6) is 0 Å². The van der Waals surface area contributed by atoms with E-state index in [1.165, 1.54) is 31.4 Å². The highest BCUT2D eigenvalue weighted by Crippen LogP contribution is 2.30. The van der Waals surface area contributed by atoms with Crippen LogP contribution >= 0.6 is 0 Å². The lowest BCUT2D eigenvalue weighted by molar-refractivity contribution is -0.137. The van der Waals surface area contributed by atoms with Crippen LogP contribution in [-0.4, -0.2) is 9.97 Å². The standard InChI is InChI=1S/C29H28F4N2/c1-2-3-4-5-6-21-18-34-28(35-19-21)24-13-16-26-23(17-24)12-11-22(27(26)30)10-7-20-8-14-25(15-9-20)29(31,32)33/h8-9,11-19H,2-7,10H2,1H3. The summed E-state index contributed by atoms with van der Waals surface area (Å²) < 4.78 is 53.4. The van der Waals surface area contributed by atoms with E-state index in [1.54, 1.807) is 12.1 Å². The number of hydrogen-bond acceptors (Lipinski definition) is 2. The minimum Gasteiger partial charge on any atom is -0.236 e. The second-order valence-corrected chi connectivity index (χ2v) is 8.89. The maximum absolute atomic E-state index is 15.2. The number of rotatable bonds is 9. The fraction of sp³-hybridized carbons (Fsp3) is 0.310. The molecule has 0 bridgehead atoms. The highest BCUT2D eigenvalue weighted by molar-refractivity contribution is 5.87. The summed E-state index contributed by atoms with van der Waals surface area (Å²) in [5.74, 6) is 0.306. The summed E-state index contributed by atoms with van der Waals surface area (Å²) >= 11 is 0. The molecule has 3 aromatic carbocycles. The SMILES string of the molecule is CCCCCCc1cnc(-c2ccc3c(F)c(CCc4ccc(C(F)(F)F)cc4)ccc3c2)nc1. The average molecular weight is 481 g/mol. The summed E-state index contributed by atoms with van der Waals surface area (Å²) in [6.45, 7) is 2.19.